The SMILES string of the molecule is CC(C)n1cc(CN(C)C(=O)[C@H]2CCc3ccccc32)cn1. The molecule has 1 aliphatic rings. The quantitative estimate of drug-likeness (QED) is 0.869. The number of aromatic nitrogens is 2. The Morgan fingerprint density at radius 3 is 2.91 bits per heavy atom. The summed E-state index contributed by atoms with van der Waals surface area (Å²) < 4.78 is 1.93. The Bertz CT molecular complexity index is 674. The predicted molar refractivity (Wildman–Crippen MR) is 86.6 cm³/mol. The summed E-state index contributed by atoms with van der Waals surface area (Å²) in [7, 11) is 1.88. The number of carbonyl (C=O) groups is 1. The lowest BCUT2D eigenvalue weighted by Gasteiger charge is -2.21. The fraction of sp³-hybridized carbons (Fsp3) is 0.444. The van der Waals surface area contributed by atoms with Crippen molar-refractivity contribution in [2.75, 3.05) is 7.05 Å². The summed E-state index contributed by atoms with van der Waals surface area (Å²) in [5.41, 5.74) is 3.61. The van der Waals surface area contributed by atoms with E-state index < -0.39 is 0 Å². The van der Waals surface area contributed by atoms with Crippen LogP contribution in [-0.2, 0) is 17.8 Å². The lowest BCUT2D eigenvalue weighted by atomic mass is 10.00. The van der Waals surface area contributed by atoms with E-state index in [1.54, 1.807) is 0 Å². The van der Waals surface area contributed by atoms with Crippen LogP contribution in [0.3, 0.4) is 0 Å². The van der Waals surface area contributed by atoms with Crippen molar-refractivity contribution in [2.45, 2.75) is 45.2 Å². The summed E-state index contributed by atoms with van der Waals surface area (Å²) in [5.74, 6) is 0.226. The highest BCUT2D eigenvalue weighted by Gasteiger charge is 2.30. The molecule has 4 nitrogen and oxygen atoms in total. The van der Waals surface area contributed by atoms with Gasteiger partial charge in [0, 0.05) is 31.4 Å². The molecular formula is C18H23N3O. The minimum absolute atomic E-state index is 0.0151. The van der Waals surface area contributed by atoms with Gasteiger partial charge >= 0.3 is 0 Å². The molecule has 0 saturated heterocycles. The fourth-order valence-electron chi connectivity index (χ4n) is 3.17. The van der Waals surface area contributed by atoms with Crippen LogP contribution in [0.5, 0.6) is 0 Å². The molecule has 1 aromatic carbocycles. The number of fused-ring (bicyclic) bond motifs is 1. The monoisotopic (exact) mass is 297 g/mol. The Morgan fingerprint density at radius 2 is 2.18 bits per heavy atom. The molecule has 2 aromatic rings. The van der Waals surface area contributed by atoms with E-state index in [1.807, 2.05) is 35.1 Å². The molecular weight excluding hydrogens is 274 g/mol. The topological polar surface area (TPSA) is 38.1 Å². The molecule has 0 bridgehead atoms. The predicted octanol–water partition coefficient (Wildman–Crippen LogP) is 3.15. The van der Waals surface area contributed by atoms with Gasteiger partial charge in [-0.1, -0.05) is 24.3 Å². The molecule has 0 spiro atoms. The smallest absolute Gasteiger partial charge is 0.230 e. The minimum Gasteiger partial charge on any atom is -0.341 e. The third kappa shape index (κ3) is 2.78. The van der Waals surface area contributed by atoms with Crippen LogP contribution in [-0.4, -0.2) is 27.6 Å². The lowest BCUT2D eigenvalue weighted by Crippen LogP contribution is -2.30. The first-order valence-corrected chi connectivity index (χ1v) is 7.92. The van der Waals surface area contributed by atoms with Crippen LogP contribution in [0.2, 0.25) is 0 Å². The van der Waals surface area contributed by atoms with E-state index >= 15 is 0 Å². The number of amides is 1. The first-order chi connectivity index (χ1) is 10.6. The average molecular weight is 297 g/mol. The second-order valence-electron chi connectivity index (χ2n) is 6.41. The lowest BCUT2D eigenvalue weighted by molar-refractivity contribution is -0.132. The molecule has 116 valence electrons. The van der Waals surface area contributed by atoms with Crippen molar-refractivity contribution in [2.24, 2.45) is 0 Å². The molecule has 3 rings (SSSR count). The van der Waals surface area contributed by atoms with Gasteiger partial charge in [0.15, 0.2) is 0 Å². The van der Waals surface area contributed by atoms with Gasteiger partial charge in [-0.3, -0.25) is 9.48 Å². The number of likely N-dealkylation sites (N-methyl/N-ethyl adjacent to an activating group) is 1. The summed E-state index contributed by atoms with van der Waals surface area (Å²) >= 11 is 0. The van der Waals surface area contributed by atoms with Gasteiger partial charge in [-0.15, -0.1) is 0 Å². The van der Waals surface area contributed by atoms with E-state index in [0.717, 1.165) is 18.4 Å². The number of rotatable bonds is 4. The maximum Gasteiger partial charge on any atom is 0.230 e. The van der Waals surface area contributed by atoms with Gasteiger partial charge in [0.05, 0.1) is 12.1 Å². The van der Waals surface area contributed by atoms with Gasteiger partial charge in [0.25, 0.3) is 0 Å². The van der Waals surface area contributed by atoms with E-state index in [9.17, 15) is 4.79 Å². The molecule has 0 aliphatic heterocycles. The number of carbonyl (C=O) groups excluding carboxylic acids is 1. The molecule has 1 amide bonds. The van der Waals surface area contributed by atoms with Crippen molar-refractivity contribution >= 4 is 5.91 Å². The third-order valence-electron chi connectivity index (χ3n) is 4.41. The van der Waals surface area contributed by atoms with Crippen LogP contribution in [0.1, 0.15) is 48.9 Å². The van der Waals surface area contributed by atoms with E-state index in [1.165, 1.54) is 11.1 Å². The summed E-state index contributed by atoms with van der Waals surface area (Å²) in [6.07, 6.45) is 5.81. The number of hydrogen-bond acceptors (Lipinski definition) is 2. The molecule has 0 N–H and O–H groups in total. The molecule has 0 saturated carbocycles. The van der Waals surface area contributed by atoms with Crippen LogP contribution in [0.4, 0.5) is 0 Å². The Kier molecular flexibility index (Phi) is 4.01. The van der Waals surface area contributed by atoms with Crippen molar-refractivity contribution in [1.29, 1.82) is 0 Å². The fourth-order valence-corrected chi connectivity index (χ4v) is 3.17. The summed E-state index contributed by atoms with van der Waals surface area (Å²) in [5, 5.41) is 4.34. The molecule has 0 radical (unpaired) electrons. The molecule has 4 heteroatoms. The second kappa shape index (κ2) is 5.95. The average Bonchev–Trinajstić information content (AvgIpc) is 3.13. The summed E-state index contributed by atoms with van der Waals surface area (Å²) in [6.45, 7) is 4.81. The van der Waals surface area contributed by atoms with Crippen LogP contribution >= 0.6 is 0 Å². The molecule has 1 heterocycles. The molecule has 1 atom stereocenters. The van der Waals surface area contributed by atoms with E-state index in [4.69, 9.17) is 0 Å². The number of nitrogens with zero attached hydrogens (tertiary/aromatic N) is 3. The molecule has 1 aromatic heterocycles. The van der Waals surface area contributed by atoms with Gasteiger partial charge in [-0.05, 0) is 37.8 Å². The highest BCUT2D eigenvalue weighted by molar-refractivity contribution is 5.84. The largest absolute Gasteiger partial charge is 0.341 e. The van der Waals surface area contributed by atoms with Crippen LogP contribution in [0.15, 0.2) is 36.7 Å². The van der Waals surface area contributed by atoms with Crippen molar-refractivity contribution in [3.05, 3.63) is 53.3 Å². The number of benzene rings is 1. The zero-order valence-corrected chi connectivity index (χ0v) is 13.5. The Balaban J connectivity index is 1.70. The van der Waals surface area contributed by atoms with Gasteiger partial charge in [-0.2, -0.15) is 5.10 Å². The van der Waals surface area contributed by atoms with Gasteiger partial charge in [-0.25, -0.2) is 0 Å². The van der Waals surface area contributed by atoms with E-state index in [2.05, 4.69) is 37.1 Å². The van der Waals surface area contributed by atoms with Gasteiger partial charge in [0.2, 0.25) is 5.91 Å². The van der Waals surface area contributed by atoms with Crippen molar-refractivity contribution in [1.82, 2.24) is 14.7 Å². The number of aryl methyl sites for hydroxylation is 1. The summed E-state index contributed by atoms with van der Waals surface area (Å²) in [4.78, 5) is 14.6. The summed E-state index contributed by atoms with van der Waals surface area (Å²) in [6, 6.07) is 8.65. The second-order valence-corrected chi connectivity index (χ2v) is 6.41. The Morgan fingerprint density at radius 1 is 1.41 bits per heavy atom. The zero-order chi connectivity index (χ0) is 15.7. The van der Waals surface area contributed by atoms with E-state index in [0.29, 0.717) is 12.6 Å². The molecule has 22 heavy (non-hydrogen) atoms. The minimum atomic E-state index is 0.0151. The van der Waals surface area contributed by atoms with Crippen LogP contribution < -0.4 is 0 Å². The normalized spacial score (nSPS) is 16.8. The molecule has 0 fully saturated rings. The Labute approximate surface area is 131 Å². The molecule has 0 unspecified atom stereocenters. The van der Waals surface area contributed by atoms with Gasteiger partial charge < -0.3 is 4.90 Å². The third-order valence-corrected chi connectivity index (χ3v) is 4.41. The number of hydrogen-bond donors (Lipinski definition) is 0. The molecule has 1 aliphatic carbocycles. The highest BCUT2D eigenvalue weighted by Crippen LogP contribution is 2.34. The maximum atomic E-state index is 12.8. The van der Waals surface area contributed by atoms with Crippen LogP contribution in [0.25, 0.3) is 0 Å². The van der Waals surface area contributed by atoms with Crippen molar-refractivity contribution < 1.29 is 4.79 Å². The maximum absolute atomic E-state index is 12.8. The zero-order valence-electron chi connectivity index (χ0n) is 13.5. The standard InChI is InChI=1S/C18H23N3O/c1-13(2)21-12-14(10-19-21)11-20(3)18(22)17-9-8-15-6-4-5-7-16(15)17/h4-7,10,12-13,17H,8-9,11H2,1-3H3/t17-/m0/s1. The van der Waals surface area contributed by atoms with E-state index in [-0.39, 0.29) is 11.8 Å². The highest BCUT2D eigenvalue weighted by atomic mass is 16.2. The Hall–Kier alpha value is -2.10. The van der Waals surface area contributed by atoms with Crippen molar-refractivity contribution in [3.8, 4) is 0 Å². The van der Waals surface area contributed by atoms with Crippen LogP contribution in [0, 0.1) is 0 Å². The first kappa shape index (κ1) is 14.8. The van der Waals surface area contributed by atoms with Crippen molar-refractivity contribution in [3.63, 3.8) is 0 Å². The van der Waals surface area contributed by atoms with Gasteiger partial charge in [0.1, 0.15) is 0 Å². The first-order valence-electron chi connectivity index (χ1n) is 7.92.